The molecule has 1 aromatic heterocycles. The maximum absolute atomic E-state index is 13.7. The highest BCUT2D eigenvalue weighted by Gasteiger charge is 2.23. The van der Waals surface area contributed by atoms with Crippen LogP contribution in [0.15, 0.2) is 54.7 Å². The fourth-order valence-corrected chi connectivity index (χ4v) is 3.68. The molecule has 0 saturated carbocycles. The summed E-state index contributed by atoms with van der Waals surface area (Å²) >= 11 is 5.96. The van der Waals surface area contributed by atoms with E-state index in [0.717, 1.165) is 10.8 Å². The number of urea groups is 1. The van der Waals surface area contributed by atoms with E-state index in [0.29, 0.717) is 5.56 Å². The SMILES string of the molecule is CC(=O)OCCOC(=O)NC[C@@H](COC(=O)Nc1cc2ccccc2cn1)N(C)C(=O)NCc1cccc(F)c1Cl. The number of anilines is 1. The zero-order valence-corrected chi connectivity index (χ0v) is 23.1. The molecule has 14 heteroatoms. The molecule has 41 heavy (non-hydrogen) atoms. The third kappa shape index (κ3) is 9.80. The summed E-state index contributed by atoms with van der Waals surface area (Å²) in [6, 6.07) is 11.9. The van der Waals surface area contributed by atoms with E-state index in [1.807, 2.05) is 24.3 Å². The van der Waals surface area contributed by atoms with Crippen LogP contribution in [0.25, 0.3) is 10.8 Å². The molecule has 12 nitrogen and oxygen atoms in total. The molecule has 1 atom stereocenters. The van der Waals surface area contributed by atoms with Gasteiger partial charge in [0.15, 0.2) is 0 Å². The van der Waals surface area contributed by atoms with Gasteiger partial charge >= 0.3 is 24.2 Å². The second-order valence-electron chi connectivity index (χ2n) is 8.63. The molecule has 4 amide bonds. The summed E-state index contributed by atoms with van der Waals surface area (Å²) in [4.78, 5) is 53.6. The van der Waals surface area contributed by atoms with Gasteiger partial charge in [-0.05, 0) is 23.1 Å². The number of alkyl carbamates (subject to hydrolysis) is 1. The van der Waals surface area contributed by atoms with Crippen molar-refractivity contribution in [3.63, 3.8) is 0 Å². The van der Waals surface area contributed by atoms with Gasteiger partial charge in [0.05, 0.1) is 11.1 Å². The highest BCUT2D eigenvalue weighted by molar-refractivity contribution is 6.31. The van der Waals surface area contributed by atoms with Gasteiger partial charge in [0.1, 0.15) is 31.5 Å². The minimum atomic E-state index is -0.852. The first-order valence-electron chi connectivity index (χ1n) is 12.4. The van der Waals surface area contributed by atoms with E-state index in [2.05, 4.69) is 20.9 Å². The standard InChI is InChI=1S/C27H29ClFN5O7/c1-17(35)39-10-11-40-26(37)32-15-21(34(2)25(36)31-14-20-8-5-9-22(29)24(20)28)16-41-27(38)33-23-12-18-6-3-4-7-19(18)13-30-23/h3-9,12-13,21H,10-11,14-16H2,1-2H3,(H,31,36)(H,32,37)(H,30,33,38)/t21-/m0/s1. The van der Waals surface area contributed by atoms with Crippen LogP contribution in [-0.2, 0) is 25.5 Å². The van der Waals surface area contributed by atoms with Gasteiger partial charge in [0, 0.05) is 38.6 Å². The number of carbonyl (C=O) groups excluding carboxylic acids is 4. The van der Waals surface area contributed by atoms with Crippen LogP contribution in [0.1, 0.15) is 12.5 Å². The summed E-state index contributed by atoms with van der Waals surface area (Å²) in [5.41, 5.74) is 0.359. The number of benzene rings is 2. The zero-order chi connectivity index (χ0) is 29.8. The predicted molar refractivity (Wildman–Crippen MR) is 148 cm³/mol. The molecule has 0 unspecified atom stereocenters. The Hall–Kier alpha value is -4.65. The smallest absolute Gasteiger partial charge is 0.412 e. The Bertz CT molecular complexity index is 1390. The number of carbonyl (C=O) groups is 4. The Morgan fingerprint density at radius 1 is 0.976 bits per heavy atom. The Balaban J connectivity index is 1.59. The number of halogens is 2. The molecule has 0 saturated heterocycles. The van der Waals surface area contributed by atoms with Gasteiger partial charge < -0.3 is 29.7 Å². The van der Waals surface area contributed by atoms with Crippen molar-refractivity contribution in [1.29, 1.82) is 0 Å². The third-order valence-electron chi connectivity index (χ3n) is 5.70. The lowest BCUT2D eigenvalue weighted by Gasteiger charge is -2.28. The molecule has 218 valence electrons. The molecule has 0 bridgehead atoms. The number of fused-ring (bicyclic) bond motifs is 1. The molecule has 3 N–H and O–H groups in total. The van der Waals surface area contributed by atoms with Crippen LogP contribution in [0.5, 0.6) is 0 Å². The van der Waals surface area contributed by atoms with Crippen LogP contribution in [0.3, 0.4) is 0 Å². The maximum Gasteiger partial charge on any atom is 0.412 e. The largest absolute Gasteiger partial charge is 0.462 e. The van der Waals surface area contributed by atoms with Crippen LogP contribution in [0.2, 0.25) is 5.02 Å². The quantitative estimate of drug-likeness (QED) is 0.172. The molecule has 0 aliphatic heterocycles. The molecule has 0 aliphatic rings. The molecular formula is C27H29ClFN5O7. The molecular weight excluding hydrogens is 561 g/mol. The Morgan fingerprint density at radius 3 is 2.46 bits per heavy atom. The molecule has 2 aromatic carbocycles. The van der Waals surface area contributed by atoms with Gasteiger partial charge in [0.2, 0.25) is 0 Å². The van der Waals surface area contributed by atoms with E-state index in [4.69, 9.17) is 25.8 Å². The maximum atomic E-state index is 13.7. The topological polar surface area (TPSA) is 148 Å². The third-order valence-corrected chi connectivity index (χ3v) is 6.12. The lowest BCUT2D eigenvalue weighted by molar-refractivity contribution is -0.141. The lowest BCUT2D eigenvalue weighted by Crippen LogP contribution is -2.51. The van der Waals surface area contributed by atoms with E-state index in [1.54, 1.807) is 18.3 Å². The van der Waals surface area contributed by atoms with Crippen LogP contribution >= 0.6 is 11.6 Å². The first kappa shape index (κ1) is 30.9. The van der Waals surface area contributed by atoms with Gasteiger partial charge in [-0.15, -0.1) is 0 Å². The second-order valence-corrected chi connectivity index (χ2v) is 9.01. The molecule has 1 heterocycles. The summed E-state index contributed by atoms with van der Waals surface area (Å²) in [7, 11) is 1.42. The van der Waals surface area contributed by atoms with Gasteiger partial charge in [-0.3, -0.25) is 10.1 Å². The number of ether oxygens (including phenoxy) is 3. The number of esters is 1. The van der Waals surface area contributed by atoms with Gasteiger partial charge in [0.25, 0.3) is 0 Å². The van der Waals surface area contributed by atoms with Gasteiger partial charge in [-0.2, -0.15) is 0 Å². The minimum Gasteiger partial charge on any atom is -0.462 e. The Labute approximate surface area is 240 Å². The fourth-order valence-electron chi connectivity index (χ4n) is 3.49. The number of nitrogens with one attached hydrogen (secondary N) is 3. The monoisotopic (exact) mass is 589 g/mol. The Kier molecular flexibility index (Phi) is 11.5. The van der Waals surface area contributed by atoms with Crippen molar-refractivity contribution in [2.75, 3.05) is 38.7 Å². The van der Waals surface area contributed by atoms with Crippen LogP contribution < -0.4 is 16.0 Å². The summed E-state index contributed by atoms with van der Waals surface area (Å²) < 4.78 is 28.7. The van der Waals surface area contributed by atoms with E-state index in [1.165, 1.54) is 31.0 Å². The van der Waals surface area contributed by atoms with Crippen molar-refractivity contribution >= 4 is 52.4 Å². The number of hydrogen-bond donors (Lipinski definition) is 3. The predicted octanol–water partition coefficient (Wildman–Crippen LogP) is 4.08. The van der Waals surface area contributed by atoms with Crippen LogP contribution in [0, 0.1) is 5.82 Å². The van der Waals surface area contributed by atoms with Gasteiger partial charge in [-0.25, -0.2) is 23.8 Å². The summed E-state index contributed by atoms with van der Waals surface area (Å²) in [5.74, 6) is -0.880. The fraction of sp³-hybridized carbons (Fsp3) is 0.296. The van der Waals surface area contributed by atoms with E-state index in [9.17, 15) is 23.6 Å². The van der Waals surface area contributed by atoms with E-state index < -0.39 is 36.0 Å². The number of nitrogens with zero attached hydrogens (tertiary/aromatic N) is 2. The average molecular weight is 590 g/mol. The molecule has 0 radical (unpaired) electrons. The molecule has 3 rings (SSSR count). The van der Waals surface area contributed by atoms with Crippen molar-refractivity contribution in [1.82, 2.24) is 20.5 Å². The molecule has 0 spiro atoms. The summed E-state index contributed by atoms with van der Waals surface area (Å²) in [5, 5.41) is 9.25. The van der Waals surface area contributed by atoms with Crippen molar-refractivity contribution in [3.8, 4) is 0 Å². The van der Waals surface area contributed by atoms with Crippen molar-refractivity contribution in [2.45, 2.75) is 19.5 Å². The number of rotatable bonds is 11. The first-order valence-corrected chi connectivity index (χ1v) is 12.8. The highest BCUT2D eigenvalue weighted by Crippen LogP contribution is 2.19. The van der Waals surface area contributed by atoms with E-state index in [-0.39, 0.29) is 43.8 Å². The minimum absolute atomic E-state index is 0.0763. The average Bonchev–Trinajstić information content (AvgIpc) is 2.95. The van der Waals surface area contributed by atoms with Crippen LogP contribution in [-0.4, -0.2) is 73.5 Å². The Morgan fingerprint density at radius 2 is 1.71 bits per heavy atom. The van der Waals surface area contributed by atoms with Crippen LogP contribution in [0.4, 0.5) is 24.6 Å². The number of amides is 4. The molecule has 0 aliphatic carbocycles. The number of likely N-dealkylation sites (N-methyl/N-ethyl adjacent to an activating group) is 1. The van der Waals surface area contributed by atoms with Gasteiger partial charge in [-0.1, -0.05) is 48.0 Å². The normalized spacial score (nSPS) is 11.2. The first-order chi connectivity index (χ1) is 19.6. The highest BCUT2D eigenvalue weighted by atomic mass is 35.5. The summed E-state index contributed by atoms with van der Waals surface area (Å²) in [6.07, 6.45) is -0.0670. The molecule has 3 aromatic rings. The lowest BCUT2D eigenvalue weighted by atomic mass is 10.2. The second kappa shape index (κ2) is 15.2. The van der Waals surface area contributed by atoms with Crippen molar-refractivity contribution < 1.29 is 37.8 Å². The molecule has 0 fully saturated rings. The summed E-state index contributed by atoms with van der Waals surface area (Å²) in [6.45, 7) is 0.352. The number of aromatic nitrogens is 1. The van der Waals surface area contributed by atoms with E-state index >= 15 is 0 Å². The number of pyridine rings is 1. The zero-order valence-electron chi connectivity index (χ0n) is 22.3. The van der Waals surface area contributed by atoms with Crippen molar-refractivity contribution in [2.24, 2.45) is 0 Å². The number of hydrogen-bond acceptors (Lipinski definition) is 8. The van der Waals surface area contributed by atoms with Crippen molar-refractivity contribution in [3.05, 3.63) is 71.1 Å².